The van der Waals surface area contributed by atoms with Gasteiger partial charge in [0.05, 0.1) is 0 Å². The molecule has 0 unspecified atom stereocenters. The van der Waals surface area contributed by atoms with Crippen molar-refractivity contribution < 1.29 is 4.39 Å². The van der Waals surface area contributed by atoms with Crippen LogP contribution in [0.1, 0.15) is 12.0 Å². The van der Waals surface area contributed by atoms with Gasteiger partial charge in [-0.25, -0.2) is 4.39 Å². The number of anilines is 1. The Morgan fingerprint density at radius 2 is 1.82 bits per heavy atom. The molecule has 0 fully saturated rings. The van der Waals surface area contributed by atoms with E-state index in [1.165, 1.54) is 6.07 Å². The number of nitrogens with two attached hydrogens (primary N) is 1. The molecule has 0 radical (unpaired) electrons. The molecule has 0 aromatic heterocycles. The van der Waals surface area contributed by atoms with Crippen LogP contribution in [0.4, 0.5) is 10.1 Å². The Labute approximate surface area is 103 Å². The van der Waals surface area contributed by atoms with Gasteiger partial charge in [-0.1, -0.05) is 0 Å². The zero-order chi connectivity index (χ0) is 12.8. The number of hydrogen-bond acceptors (Lipinski definition) is 3. The molecule has 3 nitrogen and oxygen atoms in total. The van der Waals surface area contributed by atoms with Crippen molar-refractivity contribution in [2.24, 2.45) is 5.73 Å². The van der Waals surface area contributed by atoms with Gasteiger partial charge < -0.3 is 15.5 Å². The standard InChI is InChI=1S/C13H22FN3/c1-16(2)5-4-6-17(3)13-8-11(10-15)7-12(14)9-13/h7-9H,4-6,10,15H2,1-3H3. The van der Waals surface area contributed by atoms with Crippen LogP contribution in [0, 0.1) is 5.82 Å². The summed E-state index contributed by atoms with van der Waals surface area (Å²) >= 11 is 0. The van der Waals surface area contributed by atoms with Gasteiger partial charge in [0.15, 0.2) is 0 Å². The summed E-state index contributed by atoms with van der Waals surface area (Å²) in [6.07, 6.45) is 1.05. The van der Waals surface area contributed by atoms with Crippen molar-refractivity contribution in [3.8, 4) is 0 Å². The van der Waals surface area contributed by atoms with Crippen molar-refractivity contribution in [1.82, 2.24) is 4.90 Å². The molecule has 0 saturated carbocycles. The second-order valence-electron chi connectivity index (χ2n) is 4.60. The molecule has 0 heterocycles. The zero-order valence-corrected chi connectivity index (χ0v) is 10.9. The first-order valence-corrected chi connectivity index (χ1v) is 5.88. The second kappa shape index (κ2) is 6.57. The SMILES string of the molecule is CN(C)CCCN(C)c1cc(F)cc(CN)c1. The van der Waals surface area contributed by atoms with Crippen molar-refractivity contribution in [3.05, 3.63) is 29.6 Å². The molecule has 1 aromatic rings. The molecule has 0 saturated heterocycles. The first-order chi connectivity index (χ1) is 8.02. The largest absolute Gasteiger partial charge is 0.374 e. The molecule has 0 atom stereocenters. The molecular formula is C13H22FN3. The van der Waals surface area contributed by atoms with Crippen LogP contribution in [-0.4, -0.2) is 39.1 Å². The summed E-state index contributed by atoms with van der Waals surface area (Å²) in [5.74, 6) is -0.220. The molecule has 96 valence electrons. The molecule has 0 aliphatic heterocycles. The van der Waals surface area contributed by atoms with Gasteiger partial charge in [-0.3, -0.25) is 0 Å². The number of rotatable bonds is 6. The van der Waals surface area contributed by atoms with Gasteiger partial charge in [0.2, 0.25) is 0 Å². The van der Waals surface area contributed by atoms with Gasteiger partial charge in [-0.05, 0) is 50.8 Å². The van der Waals surface area contributed by atoms with E-state index < -0.39 is 0 Å². The lowest BCUT2D eigenvalue weighted by atomic mass is 10.2. The van der Waals surface area contributed by atoms with E-state index >= 15 is 0 Å². The maximum absolute atomic E-state index is 13.3. The summed E-state index contributed by atoms with van der Waals surface area (Å²) in [5, 5.41) is 0. The molecule has 1 aromatic carbocycles. The third-order valence-corrected chi connectivity index (χ3v) is 2.72. The van der Waals surface area contributed by atoms with Crippen molar-refractivity contribution in [2.45, 2.75) is 13.0 Å². The Morgan fingerprint density at radius 1 is 1.12 bits per heavy atom. The first-order valence-electron chi connectivity index (χ1n) is 5.88. The molecule has 0 spiro atoms. The molecule has 0 bridgehead atoms. The molecular weight excluding hydrogens is 217 g/mol. The predicted octanol–water partition coefficient (Wildman–Crippen LogP) is 1.67. The highest BCUT2D eigenvalue weighted by molar-refractivity contribution is 5.48. The van der Waals surface area contributed by atoms with E-state index in [2.05, 4.69) is 23.9 Å². The average molecular weight is 239 g/mol. The van der Waals surface area contributed by atoms with Gasteiger partial charge in [0.25, 0.3) is 0 Å². The summed E-state index contributed by atoms with van der Waals surface area (Å²) in [4.78, 5) is 4.20. The summed E-state index contributed by atoms with van der Waals surface area (Å²) in [6, 6.07) is 4.98. The van der Waals surface area contributed by atoms with Crippen LogP contribution in [0.15, 0.2) is 18.2 Å². The van der Waals surface area contributed by atoms with E-state index in [1.54, 1.807) is 6.07 Å². The highest BCUT2D eigenvalue weighted by atomic mass is 19.1. The molecule has 1 rings (SSSR count). The van der Waals surface area contributed by atoms with E-state index in [-0.39, 0.29) is 5.82 Å². The molecule has 17 heavy (non-hydrogen) atoms. The van der Waals surface area contributed by atoms with E-state index in [4.69, 9.17) is 5.73 Å². The molecule has 4 heteroatoms. The average Bonchev–Trinajstić information content (AvgIpc) is 2.27. The van der Waals surface area contributed by atoms with Crippen molar-refractivity contribution in [2.75, 3.05) is 39.1 Å². The molecule has 0 aliphatic carbocycles. The highest BCUT2D eigenvalue weighted by Crippen LogP contribution is 2.17. The summed E-state index contributed by atoms with van der Waals surface area (Å²) in [7, 11) is 6.08. The lowest BCUT2D eigenvalue weighted by Crippen LogP contribution is -2.23. The van der Waals surface area contributed by atoms with Crippen LogP contribution in [-0.2, 0) is 6.54 Å². The maximum atomic E-state index is 13.3. The van der Waals surface area contributed by atoms with Crippen LogP contribution in [0.3, 0.4) is 0 Å². The Bertz CT molecular complexity index is 353. The predicted molar refractivity (Wildman–Crippen MR) is 70.7 cm³/mol. The fourth-order valence-corrected chi connectivity index (χ4v) is 1.72. The van der Waals surface area contributed by atoms with Gasteiger partial charge in [-0.15, -0.1) is 0 Å². The van der Waals surface area contributed by atoms with Crippen LogP contribution in [0.25, 0.3) is 0 Å². The highest BCUT2D eigenvalue weighted by Gasteiger charge is 2.04. The summed E-state index contributed by atoms with van der Waals surface area (Å²) < 4.78 is 13.3. The lowest BCUT2D eigenvalue weighted by Gasteiger charge is -2.21. The van der Waals surface area contributed by atoms with Gasteiger partial charge in [0, 0.05) is 25.8 Å². The van der Waals surface area contributed by atoms with Crippen molar-refractivity contribution in [1.29, 1.82) is 0 Å². The van der Waals surface area contributed by atoms with Crippen LogP contribution < -0.4 is 10.6 Å². The zero-order valence-electron chi connectivity index (χ0n) is 10.9. The van der Waals surface area contributed by atoms with Crippen molar-refractivity contribution in [3.63, 3.8) is 0 Å². The fraction of sp³-hybridized carbons (Fsp3) is 0.538. The number of hydrogen-bond donors (Lipinski definition) is 1. The number of halogens is 1. The summed E-state index contributed by atoms with van der Waals surface area (Å²) in [5.41, 5.74) is 7.26. The van der Waals surface area contributed by atoms with Crippen LogP contribution in [0.5, 0.6) is 0 Å². The molecule has 0 amide bonds. The van der Waals surface area contributed by atoms with E-state index in [0.29, 0.717) is 6.54 Å². The Balaban J connectivity index is 2.61. The van der Waals surface area contributed by atoms with E-state index in [0.717, 1.165) is 30.8 Å². The van der Waals surface area contributed by atoms with Crippen LogP contribution >= 0.6 is 0 Å². The smallest absolute Gasteiger partial charge is 0.125 e. The molecule has 2 N–H and O–H groups in total. The van der Waals surface area contributed by atoms with E-state index in [1.807, 2.05) is 13.1 Å². The monoisotopic (exact) mass is 239 g/mol. The quantitative estimate of drug-likeness (QED) is 0.819. The maximum Gasteiger partial charge on any atom is 0.125 e. The minimum atomic E-state index is -0.220. The van der Waals surface area contributed by atoms with Gasteiger partial charge >= 0.3 is 0 Å². The third kappa shape index (κ3) is 4.71. The van der Waals surface area contributed by atoms with Gasteiger partial charge in [0.1, 0.15) is 5.82 Å². The topological polar surface area (TPSA) is 32.5 Å². The minimum Gasteiger partial charge on any atom is -0.374 e. The first kappa shape index (κ1) is 13.9. The number of benzene rings is 1. The Morgan fingerprint density at radius 3 is 2.41 bits per heavy atom. The minimum absolute atomic E-state index is 0.220. The van der Waals surface area contributed by atoms with Crippen LogP contribution in [0.2, 0.25) is 0 Å². The Hall–Kier alpha value is -1.13. The normalized spacial score (nSPS) is 10.9. The Kier molecular flexibility index (Phi) is 5.38. The molecule has 0 aliphatic rings. The second-order valence-corrected chi connectivity index (χ2v) is 4.60. The van der Waals surface area contributed by atoms with Crippen molar-refractivity contribution >= 4 is 5.69 Å². The lowest BCUT2D eigenvalue weighted by molar-refractivity contribution is 0.401. The fourth-order valence-electron chi connectivity index (χ4n) is 1.72. The van der Waals surface area contributed by atoms with E-state index in [9.17, 15) is 4.39 Å². The number of nitrogens with zero attached hydrogens (tertiary/aromatic N) is 2. The summed E-state index contributed by atoms with van der Waals surface area (Å²) in [6.45, 7) is 2.31. The third-order valence-electron chi connectivity index (χ3n) is 2.72. The van der Waals surface area contributed by atoms with Gasteiger partial charge in [-0.2, -0.15) is 0 Å².